The smallest absolute Gasteiger partial charge is 0.260 e. The number of aromatic nitrogens is 1. The predicted octanol–water partition coefficient (Wildman–Crippen LogP) is 4.03. The van der Waals surface area contributed by atoms with Crippen molar-refractivity contribution >= 4 is 32.6 Å². The molecule has 1 aromatic heterocycles. The fraction of sp³-hybridized carbons (Fsp3) is 0.364. The number of thiazole rings is 1. The Morgan fingerprint density at radius 3 is 2.66 bits per heavy atom. The lowest BCUT2D eigenvalue weighted by Crippen LogP contribution is -2.43. The molecule has 1 saturated heterocycles. The van der Waals surface area contributed by atoms with Gasteiger partial charge in [0.1, 0.15) is 5.82 Å². The standard InChI is InChI=1S/C22H24FN3O2S/c1-15-13-16(2)20-19(14-15)29-22(24-20)26(8-7-25-9-11-28-12-10-25)21(27)17-3-5-18(23)6-4-17/h3-6,13-14H,7-12H2,1-2H3. The second-order valence-corrected chi connectivity index (χ2v) is 8.35. The molecule has 1 aliphatic heterocycles. The van der Waals surface area contributed by atoms with Crippen molar-refractivity contribution in [2.75, 3.05) is 44.3 Å². The van der Waals surface area contributed by atoms with Gasteiger partial charge in [-0.1, -0.05) is 17.4 Å². The van der Waals surface area contributed by atoms with Gasteiger partial charge in [0.2, 0.25) is 0 Å². The lowest BCUT2D eigenvalue weighted by Gasteiger charge is -2.29. The van der Waals surface area contributed by atoms with E-state index in [1.807, 2.05) is 6.92 Å². The van der Waals surface area contributed by atoms with Crippen molar-refractivity contribution in [1.82, 2.24) is 9.88 Å². The number of hydrogen-bond donors (Lipinski definition) is 0. The van der Waals surface area contributed by atoms with E-state index in [9.17, 15) is 9.18 Å². The number of carbonyl (C=O) groups is 1. The van der Waals surface area contributed by atoms with Gasteiger partial charge in [-0.05, 0) is 55.3 Å². The van der Waals surface area contributed by atoms with E-state index < -0.39 is 0 Å². The molecule has 1 aliphatic rings. The number of morpholine rings is 1. The first-order chi connectivity index (χ1) is 14.0. The van der Waals surface area contributed by atoms with E-state index >= 15 is 0 Å². The highest BCUT2D eigenvalue weighted by molar-refractivity contribution is 7.22. The third-order valence-corrected chi connectivity index (χ3v) is 6.15. The van der Waals surface area contributed by atoms with E-state index in [-0.39, 0.29) is 11.7 Å². The monoisotopic (exact) mass is 413 g/mol. The molecule has 0 spiro atoms. The Morgan fingerprint density at radius 2 is 1.93 bits per heavy atom. The summed E-state index contributed by atoms with van der Waals surface area (Å²) in [6, 6.07) is 9.90. The molecule has 7 heteroatoms. The zero-order valence-electron chi connectivity index (χ0n) is 16.7. The molecule has 0 atom stereocenters. The van der Waals surface area contributed by atoms with Crippen molar-refractivity contribution in [3.8, 4) is 0 Å². The lowest BCUT2D eigenvalue weighted by atomic mass is 10.1. The highest BCUT2D eigenvalue weighted by atomic mass is 32.1. The summed E-state index contributed by atoms with van der Waals surface area (Å²) < 4.78 is 19.8. The first-order valence-corrected chi connectivity index (χ1v) is 10.6. The second-order valence-electron chi connectivity index (χ2n) is 7.34. The number of anilines is 1. The number of fused-ring (bicyclic) bond motifs is 1. The Morgan fingerprint density at radius 1 is 1.21 bits per heavy atom. The molecule has 0 aliphatic carbocycles. The third kappa shape index (κ3) is 4.47. The van der Waals surface area contributed by atoms with Crippen molar-refractivity contribution < 1.29 is 13.9 Å². The van der Waals surface area contributed by atoms with Crippen molar-refractivity contribution in [2.45, 2.75) is 13.8 Å². The molecule has 0 radical (unpaired) electrons. The van der Waals surface area contributed by atoms with Crippen LogP contribution in [0.15, 0.2) is 36.4 Å². The maximum Gasteiger partial charge on any atom is 0.260 e. The van der Waals surface area contributed by atoms with Crippen LogP contribution >= 0.6 is 11.3 Å². The topological polar surface area (TPSA) is 45.7 Å². The average Bonchev–Trinajstić information content (AvgIpc) is 3.13. The molecule has 152 valence electrons. The SMILES string of the molecule is Cc1cc(C)c2nc(N(CCN3CCOCC3)C(=O)c3ccc(F)cc3)sc2c1. The molecule has 2 aromatic carbocycles. The van der Waals surface area contributed by atoms with Gasteiger partial charge >= 0.3 is 0 Å². The Bertz CT molecular complexity index is 1010. The largest absolute Gasteiger partial charge is 0.379 e. The van der Waals surface area contributed by atoms with Gasteiger partial charge in [0.25, 0.3) is 5.91 Å². The third-order valence-electron chi connectivity index (χ3n) is 5.13. The van der Waals surface area contributed by atoms with Crippen LogP contribution in [0.1, 0.15) is 21.5 Å². The Labute approximate surface area is 173 Å². The van der Waals surface area contributed by atoms with Gasteiger partial charge in [-0.15, -0.1) is 0 Å². The number of ether oxygens (including phenoxy) is 1. The van der Waals surface area contributed by atoms with Gasteiger partial charge < -0.3 is 4.74 Å². The number of hydrogen-bond acceptors (Lipinski definition) is 5. The summed E-state index contributed by atoms with van der Waals surface area (Å²) in [5, 5.41) is 0.677. The van der Waals surface area contributed by atoms with Crippen LogP contribution < -0.4 is 4.90 Å². The number of halogens is 1. The van der Waals surface area contributed by atoms with E-state index in [2.05, 4.69) is 24.0 Å². The van der Waals surface area contributed by atoms with Crippen LogP contribution in [0.25, 0.3) is 10.2 Å². The molecule has 1 amide bonds. The quantitative estimate of drug-likeness (QED) is 0.634. The minimum Gasteiger partial charge on any atom is -0.379 e. The van der Waals surface area contributed by atoms with Gasteiger partial charge in [0.05, 0.1) is 23.4 Å². The predicted molar refractivity (Wildman–Crippen MR) is 114 cm³/mol. The number of nitrogens with zero attached hydrogens (tertiary/aromatic N) is 3. The van der Waals surface area contributed by atoms with Crippen LogP contribution in [0.3, 0.4) is 0 Å². The van der Waals surface area contributed by atoms with Crippen LogP contribution in [0, 0.1) is 19.7 Å². The normalized spacial score (nSPS) is 15.0. The van der Waals surface area contributed by atoms with Crippen LogP contribution in [-0.2, 0) is 4.74 Å². The van der Waals surface area contributed by atoms with Crippen LogP contribution in [0.4, 0.5) is 9.52 Å². The average molecular weight is 414 g/mol. The minimum atomic E-state index is -0.354. The van der Waals surface area contributed by atoms with Gasteiger partial charge in [0.15, 0.2) is 5.13 Å². The summed E-state index contributed by atoms with van der Waals surface area (Å²) >= 11 is 1.52. The maximum absolute atomic E-state index is 13.3. The molecular weight excluding hydrogens is 389 g/mol. The van der Waals surface area contributed by atoms with E-state index in [1.54, 1.807) is 4.90 Å². The summed E-state index contributed by atoms with van der Waals surface area (Å²) in [7, 11) is 0. The molecule has 1 fully saturated rings. The van der Waals surface area contributed by atoms with E-state index in [0.717, 1.165) is 35.4 Å². The zero-order chi connectivity index (χ0) is 20.4. The molecule has 0 unspecified atom stereocenters. The number of aryl methyl sites for hydroxylation is 2. The number of rotatable bonds is 5. The van der Waals surface area contributed by atoms with E-state index in [4.69, 9.17) is 9.72 Å². The van der Waals surface area contributed by atoms with Crippen molar-refractivity contribution in [2.24, 2.45) is 0 Å². The Balaban J connectivity index is 1.66. The molecule has 0 bridgehead atoms. The summed E-state index contributed by atoms with van der Waals surface area (Å²) in [6.07, 6.45) is 0. The van der Waals surface area contributed by atoms with Crippen molar-refractivity contribution in [1.29, 1.82) is 0 Å². The summed E-state index contributed by atoms with van der Waals surface area (Å²) in [6.45, 7) is 8.51. The van der Waals surface area contributed by atoms with Gasteiger partial charge in [-0.2, -0.15) is 0 Å². The van der Waals surface area contributed by atoms with Crippen molar-refractivity contribution in [3.63, 3.8) is 0 Å². The summed E-state index contributed by atoms with van der Waals surface area (Å²) in [5.74, 6) is -0.515. The summed E-state index contributed by atoms with van der Waals surface area (Å²) in [5.41, 5.74) is 3.67. The van der Waals surface area contributed by atoms with Crippen LogP contribution in [0.5, 0.6) is 0 Å². The molecule has 4 rings (SSSR count). The number of amides is 1. The van der Waals surface area contributed by atoms with E-state index in [1.165, 1.54) is 41.2 Å². The fourth-order valence-electron chi connectivity index (χ4n) is 3.57. The fourth-order valence-corrected chi connectivity index (χ4v) is 4.74. The molecule has 2 heterocycles. The lowest BCUT2D eigenvalue weighted by molar-refractivity contribution is 0.0391. The van der Waals surface area contributed by atoms with Crippen LogP contribution in [-0.4, -0.2) is 55.2 Å². The molecule has 0 saturated carbocycles. The molecule has 29 heavy (non-hydrogen) atoms. The zero-order valence-corrected chi connectivity index (χ0v) is 17.5. The van der Waals surface area contributed by atoms with E-state index in [0.29, 0.717) is 30.5 Å². The highest BCUT2D eigenvalue weighted by Crippen LogP contribution is 2.32. The van der Waals surface area contributed by atoms with Gasteiger partial charge in [0, 0.05) is 31.7 Å². The number of benzene rings is 2. The molecular formula is C22H24FN3O2S. The first kappa shape index (κ1) is 19.9. The molecule has 3 aromatic rings. The minimum absolute atomic E-state index is 0.160. The highest BCUT2D eigenvalue weighted by Gasteiger charge is 2.23. The molecule has 0 N–H and O–H groups in total. The van der Waals surface area contributed by atoms with Crippen LogP contribution in [0.2, 0.25) is 0 Å². The Kier molecular flexibility index (Phi) is 5.89. The number of carbonyl (C=O) groups excluding carboxylic acids is 1. The van der Waals surface area contributed by atoms with Gasteiger partial charge in [-0.25, -0.2) is 9.37 Å². The molecule has 5 nitrogen and oxygen atoms in total. The summed E-state index contributed by atoms with van der Waals surface area (Å²) in [4.78, 5) is 22.1. The van der Waals surface area contributed by atoms with Gasteiger partial charge in [-0.3, -0.25) is 14.6 Å². The second kappa shape index (κ2) is 8.57. The van der Waals surface area contributed by atoms with Crippen molar-refractivity contribution in [3.05, 3.63) is 58.9 Å². The maximum atomic E-state index is 13.3. The first-order valence-electron chi connectivity index (χ1n) is 9.76. The Hall–Kier alpha value is -2.35.